The Bertz CT molecular complexity index is 437. The van der Waals surface area contributed by atoms with Gasteiger partial charge in [0, 0.05) is 17.3 Å². The van der Waals surface area contributed by atoms with Crippen LogP contribution in [0, 0.1) is 0 Å². The summed E-state index contributed by atoms with van der Waals surface area (Å²) in [4.78, 5) is 3.17. The van der Waals surface area contributed by atoms with Gasteiger partial charge in [-0.3, -0.25) is 0 Å². The summed E-state index contributed by atoms with van der Waals surface area (Å²) in [5.41, 5.74) is 4.06. The van der Waals surface area contributed by atoms with Crippen molar-refractivity contribution >= 4 is 10.9 Å². The zero-order chi connectivity index (χ0) is 9.97. The van der Waals surface area contributed by atoms with Crippen LogP contribution in [0.3, 0.4) is 0 Å². The number of rotatable bonds is 3. The summed E-state index contributed by atoms with van der Waals surface area (Å²) in [6.45, 7) is 0.414. The molecule has 0 aliphatic heterocycles. The molecule has 0 radical (unpaired) electrons. The molecule has 4 heteroatoms. The highest BCUT2D eigenvalue weighted by atomic mass is 16.5. The Morgan fingerprint density at radius 3 is 3.00 bits per heavy atom. The predicted octanol–water partition coefficient (Wildman–Crippen LogP) is 1.66. The van der Waals surface area contributed by atoms with E-state index in [1.165, 1.54) is 0 Å². The molecule has 0 fully saturated rings. The van der Waals surface area contributed by atoms with E-state index >= 15 is 0 Å². The molecule has 2 aromatic rings. The third kappa shape index (κ3) is 1.57. The first-order valence-corrected chi connectivity index (χ1v) is 4.36. The third-order valence-corrected chi connectivity index (χ3v) is 2.15. The fraction of sp³-hybridized carbons (Fsp3) is 0.200. The molecule has 3 N–H and O–H groups in total. The normalized spacial score (nSPS) is 10.7. The van der Waals surface area contributed by atoms with Gasteiger partial charge in [-0.25, -0.2) is 0 Å². The largest absolute Gasteiger partial charge is 0.497 e. The highest BCUT2D eigenvalue weighted by Crippen LogP contribution is 2.20. The van der Waals surface area contributed by atoms with Gasteiger partial charge >= 0.3 is 0 Å². The van der Waals surface area contributed by atoms with Gasteiger partial charge in [0.2, 0.25) is 0 Å². The van der Waals surface area contributed by atoms with Crippen LogP contribution in [0.2, 0.25) is 0 Å². The van der Waals surface area contributed by atoms with Crippen LogP contribution < -0.4 is 10.2 Å². The van der Waals surface area contributed by atoms with Crippen molar-refractivity contribution < 1.29 is 9.94 Å². The maximum Gasteiger partial charge on any atom is 0.120 e. The first-order valence-electron chi connectivity index (χ1n) is 4.36. The van der Waals surface area contributed by atoms with E-state index in [-0.39, 0.29) is 0 Å². The van der Waals surface area contributed by atoms with Gasteiger partial charge in [0.05, 0.1) is 13.7 Å². The van der Waals surface area contributed by atoms with E-state index < -0.39 is 0 Å². The van der Waals surface area contributed by atoms with Crippen LogP contribution in [0.15, 0.2) is 24.3 Å². The van der Waals surface area contributed by atoms with Crippen LogP contribution in [-0.2, 0) is 6.54 Å². The molecule has 0 unspecified atom stereocenters. The number of hydrogen-bond acceptors (Lipinski definition) is 3. The van der Waals surface area contributed by atoms with Gasteiger partial charge in [0.25, 0.3) is 0 Å². The van der Waals surface area contributed by atoms with Gasteiger partial charge < -0.3 is 14.9 Å². The van der Waals surface area contributed by atoms with E-state index in [2.05, 4.69) is 10.5 Å². The molecule has 1 aromatic carbocycles. The Balaban J connectivity index is 2.43. The van der Waals surface area contributed by atoms with Crippen LogP contribution in [0.4, 0.5) is 0 Å². The third-order valence-electron chi connectivity index (χ3n) is 2.15. The van der Waals surface area contributed by atoms with Gasteiger partial charge in [-0.15, -0.1) is 0 Å². The Morgan fingerprint density at radius 2 is 2.29 bits per heavy atom. The van der Waals surface area contributed by atoms with E-state index in [0.29, 0.717) is 6.54 Å². The molecule has 1 heterocycles. The number of H-pyrrole nitrogens is 1. The van der Waals surface area contributed by atoms with Crippen LogP contribution in [0.1, 0.15) is 5.69 Å². The summed E-state index contributed by atoms with van der Waals surface area (Å²) < 4.78 is 5.11. The quantitative estimate of drug-likeness (QED) is 0.648. The maximum atomic E-state index is 8.55. The highest BCUT2D eigenvalue weighted by molar-refractivity contribution is 5.81. The van der Waals surface area contributed by atoms with E-state index in [1.54, 1.807) is 7.11 Å². The molecule has 14 heavy (non-hydrogen) atoms. The van der Waals surface area contributed by atoms with E-state index in [4.69, 9.17) is 9.94 Å². The van der Waals surface area contributed by atoms with Crippen LogP contribution in [0.25, 0.3) is 10.9 Å². The van der Waals surface area contributed by atoms with Crippen LogP contribution >= 0.6 is 0 Å². The molecule has 0 saturated carbocycles. The lowest BCUT2D eigenvalue weighted by molar-refractivity contribution is 0.160. The molecule has 74 valence electrons. The summed E-state index contributed by atoms with van der Waals surface area (Å²) >= 11 is 0. The molecule has 0 aliphatic carbocycles. The SMILES string of the molecule is COc1ccc2cc(CNO)[nH]c2c1. The Labute approximate surface area is 81.5 Å². The number of ether oxygens (including phenoxy) is 1. The van der Waals surface area contributed by atoms with Crippen molar-refractivity contribution in [2.45, 2.75) is 6.54 Å². The summed E-state index contributed by atoms with van der Waals surface area (Å²) in [5, 5.41) is 9.66. The van der Waals surface area contributed by atoms with Gasteiger partial charge in [0.15, 0.2) is 0 Å². The monoisotopic (exact) mass is 192 g/mol. The fourth-order valence-electron chi connectivity index (χ4n) is 1.47. The Hall–Kier alpha value is -1.52. The number of nitrogens with one attached hydrogen (secondary N) is 2. The van der Waals surface area contributed by atoms with Gasteiger partial charge in [-0.2, -0.15) is 5.48 Å². The number of fused-ring (bicyclic) bond motifs is 1. The fourth-order valence-corrected chi connectivity index (χ4v) is 1.47. The number of aromatic amines is 1. The van der Waals surface area contributed by atoms with Gasteiger partial charge in [0.1, 0.15) is 5.75 Å². The topological polar surface area (TPSA) is 57.3 Å². The number of aromatic nitrogens is 1. The minimum absolute atomic E-state index is 0.414. The number of hydrogen-bond donors (Lipinski definition) is 3. The summed E-state index contributed by atoms with van der Waals surface area (Å²) in [7, 11) is 1.64. The summed E-state index contributed by atoms with van der Waals surface area (Å²) in [6.07, 6.45) is 0. The van der Waals surface area contributed by atoms with Crippen molar-refractivity contribution in [3.8, 4) is 5.75 Å². The minimum atomic E-state index is 0.414. The van der Waals surface area contributed by atoms with E-state index in [0.717, 1.165) is 22.3 Å². The first kappa shape index (κ1) is 9.05. The van der Waals surface area contributed by atoms with Gasteiger partial charge in [-0.05, 0) is 23.6 Å². The van der Waals surface area contributed by atoms with E-state index in [9.17, 15) is 0 Å². The Morgan fingerprint density at radius 1 is 1.43 bits per heavy atom. The molecular formula is C10H12N2O2. The predicted molar refractivity (Wildman–Crippen MR) is 53.5 cm³/mol. The molecule has 1 aromatic heterocycles. The molecule has 0 spiro atoms. The second-order valence-corrected chi connectivity index (χ2v) is 3.08. The average Bonchev–Trinajstić information content (AvgIpc) is 2.59. The maximum absolute atomic E-state index is 8.55. The average molecular weight is 192 g/mol. The zero-order valence-corrected chi connectivity index (χ0v) is 7.87. The standard InChI is InChI=1S/C10H12N2O2/c1-14-9-3-2-7-4-8(6-11-13)12-10(7)5-9/h2-5,11-13H,6H2,1H3. The van der Waals surface area contributed by atoms with Crippen molar-refractivity contribution in [1.82, 2.24) is 10.5 Å². The molecular weight excluding hydrogens is 180 g/mol. The molecule has 4 nitrogen and oxygen atoms in total. The minimum Gasteiger partial charge on any atom is -0.497 e. The van der Waals surface area contributed by atoms with Crippen molar-refractivity contribution in [3.63, 3.8) is 0 Å². The molecule has 0 atom stereocenters. The van der Waals surface area contributed by atoms with Crippen molar-refractivity contribution in [1.29, 1.82) is 0 Å². The Kier molecular flexibility index (Phi) is 2.39. The molecule has 0 aliphatic rings. The highest BCUT2D eigenvalue weighted by Gasteiger charge is 2.01. The summed E-state index contributed by atoms with van der Waals surface area (Å²) in [5.74, 6) is 0.822. The van der Waals surface area contributed by atoms with Crippen molar-refractivity contribution in [2.24, 2.45) is 0 Å². The van der Waals surface area contributed by atoms with Crippen LogP contribution in [0.5, 0.6) is 5.75 Å². The van der Waals surface area contributed by atoms with E-state index in [1.807, 2.05) is 24.3 Å². The summed E-state index contributed by atoms with van der Waals surface area (Å²) in [6, 6.07) is 7.80. The van der Waals surface area contributed by atoms with Crippen LogP contribution in [-0.4, -0.2) is 17.3 Å². The van der Waals surface area contributed by atoms with Gasteiger partial charge in [-0.1, -0.05) is 0 Å². The van der Waals surface area contributed by atoms with Crippen molar-refractivity contribution in [2.75, 3.05) is 7.11 Å². The lowest BCUT2D eigenvalue weighted by Crippen LogP contribution is -2.05. The second-order valence-electron chi connectivity index (χ2n) is 3.08. The van der Waals surface area contributed by atoms with Crippen molar-refractivity contribution in [3.05, 3.63) is 30.0 Å². The first-order chi connectivity index (χ1) is 6.83. The molecule has 2 rings (SSSR count). The lowest BCUT2D eigenvalue weighted by atomic mass is 10.2. The number of benzene rings is 1. The zero-order valence-electron chi connectivity index (χ0n) is 7.87. The molecule has 0 amide bonds. The lowest BCUT2D eigenvalue weighted by Gasteiger charge is -1.97. The smallest absolute Gasteiger partial charge is 0.120 e. The number of hydroxylamine groups is 1. The number of methoxy groups -OCH3 is 1. The molecule has 0 bridgehead atoms. The molecule has 0 saturated heterocycles. The second kappa shape index (κ2) is 3.69.